The van der Waals surface area contributed by atoms with Gasteiger partial charge in [-0.3, -0.25) is 28.2 Å². The van der Waals surface area contributed by atoms with E-state index in [1.165, 1.54) is 10.9 Å². The first-order valence-corrected chi connectivity index (χ1v) is 17.4. The fraction of sp³-hybridized carbons (Fsp3) is 0.500. The van der Waals surface area contributed by atoms with Crippen molar-refractivity contribution in [2.45, 2.75) is 40.8 Å². The molecule has 0 aromatic carbocycles. The van der Waals surface area contributed by atoms with Gasteiger partial charge in [0.25, 0.3) is 11.1 Å². The van der Waals surface area contributed by atoms with E-state index in [0.29, 0.717) is 0 Å². The number of hydrogen-bond acceptors (Lipinski definition) is 16. The number of alkyl halides is 1. The zero-order valence-electron chi connectivity index (χ0n) is 22.3. The number of nitrogens with two attached hydrogens (primary N) is 1. The number of anilines is 1. The van der Waals surface area contributed by atoms with Crippen molar-refractivity contribution in [3.63, 3.8) is 0 Å². The van der Waals surface area contributed by atoms with E-state index < -0.39 is 86.7 Å². The van der Waals surface area contributed by atoms with Crippen molar-refractivity contribution in [1.82, 2.24) is 39.0 Å². The first kappa shape index (κ1) is 32.2. The number of H-pyrrole nitrogens is 2. The molecule has 25 heteroatoms. The van der Waals surface area contributed by atoms with Gasteiger partial charge in [0.2, 0.25) is 11.7 Å². The molecule has 0 radical (unpaired) electrons. The molecule has 4 aromatic rings. The van der Waals surface area contributed by atoms with E-state index in [1.54, 1.807) is 0 Å². The molecule has 4 aromatic heterocycles. The van der Waals surface area contributed by atoms with Crippen LogP contribution >= 0.6 is 26.7 Å². The Morgan fingerprint density at radius 3 is 2.73 bits per heavy atom. The van der Waals surface area contributed by atoms with E-state index in [-0.39, 0.29) is 28.3 Å². The van der Waals surface area contributed by atoms with Gasteiger partial charge in [-0.05, 0) is 11.8 Å². The molecule has 45 heavy (non-hydrogen) atoms. The molecule has 0 saturated carbocycles. The number of hydrogen-bond donors (Lipinski definition) is 7. The van der Waals surface area contributed by atoms with Crippen molar-refractivity contribution in [1.29, 1.82) is 0 Å². The number of ether oxygens (including phenoxy) is 1. The second kappa shape index (κ2) is 12.1. The summed E-state index contributed by atoms with van der Waals surface area (Å²) in [5, 5.41) is 19.0. The van der Waals surface area contributed by atoms with Crippen molar-refractivity contribution in [3.05, 3.63) is 39.7 Å². The zero-order chi connectivity index (χ0) is 32.3. The van der Waals surface area contributed by atoms with Gasteiger partial charge in [-0.1, -0.05) is 0 Å². The number of halogens is 1. The lowest BCUT2D eigenvalue weighted by atomic mass is 10.1. The first-order chi connectivity index (χ1) is 21.3. The van der Waals surface area contributed by atoms with Crippen LogP contribution < -0.4 is 16.9 Å². The molecule has 2 aliphatic rings. The third kappa shape index (κ3) is 5.83. The van der Waals surface area contributed by atoms with Crippen LogP contribution in [0.4, 0.5) is 10.3 Å². The number of nitrogens with zero attached hydrogens (tertiary/aromatic N) is 6. The highest BCUT2D eigenvalue weighted by Crippen LogP contribution is 2.54. The van der Waals surface area contributed by atoms with Crippen LogP contribution in [0.25, 0.3) is 22.3 Å². The average Bonchev–Trinajstić information content (AvgIpc) is 3.74. The predicted octanol–water partition coefficient (Wildman–Crippen LogP) is -1.52. The summed E-state index contributed by atoms with van der Waals surface area (Å²) in [5.74, 6) is -2.93. The van der Waals surface area contributed by atoms with Crippen LogP contribution in [0.2, 0.25) is 0 Å². The van der Waals surface area contributed by atoms with Gasteiger partial charge in [-0.15, -0.1) is 21.2 Å². The number of nitrogen functional groups attached to an aromatic ring is 1. The van der Waals surface area contributed by atoms with Gasteiger partial charge >= 0.3 is 15.0 Å². The third-order valence-corrected chi connectivity index (χ3v) is 10.6. The Balaban J connectivity index is 1.23. The van der Waals surface area contributed by atoms with Crippen molar-refractivity contribution < 1.29 is 47.3 Å². The summed E-state index contributed by atoms with van der Waals surface area (Å²) in [6.07, 6.45) is -2.88. The summed E-state index contributed by atoms with van der Waals surface area (Å²) in [6.45, 7) is -6.33. The smallest absolute Gasteiger partial charge is 0.395 e. The average molecular weight is 711 g/mol. The van der Waals surface area contributed by atoms with E-state index >= 15 is 4.39 Å². The van der Waals surface area contributed by atoms with Crippen LogP contribution in [-0.2, 0) is 40.5 Å². The van der Waals surface area contributed by atoms with Gasteiger partial charge in [0.05, 0.1) is 37.2 Å². The number of imidazole rings is 2. The lowest BCUT2D eigenvalue weighted by Crippen LogP contribution is -2.44. The molecular formula is C20H23FN9O11P2S2+. The number of nitrogens with one attached hydrogen (secondary N) is 2. The standard InChI is InChI=1S/C20H22FN9O11P2S2/c21-20(30-6-26-9-14(30)23-4-24-16(9)33)3-38-7(13(20)40-42(35)36)2-39-43(37,44)41-12-11(32)8(1-31)45-18(12)29-5-25-10-15(29)27-19(22)28-17(10)34/h4-8,11-13,18,31-32H,1-3H2,(H5-,22,23,24,27,28,33,34,35,36,37,44)/p+1/t7-,8-,11-,12-,13-,18-,20-,43?/m1/s1. The number of aliphatic hydroxyl groups excluding tert-OH is 2. The number of fused-ring (bicyclic) bond motifs is 2. The maximum atomic E-state index is 16.5. The van der Waals surface area contributed by atoms with Crippen LogP contribution in [-0.4, -0.2) is 109 Å². The summed E-state index contributed by atoms with van der Waals surface area (Å²) in [4.78, 5) is 65.3. The fourth-order valence-electron chi connectivity index (χ4n) is 5.07. The zero-order valence-corrected chi connectivity index (χ0v) is 25.7. The van der Waals surface area contributed by atoms with E-state index in [1.807, 2.05) is 0 Å². The molecule has 6 rings (SSSR count). The quantitative estimate of drug-likeness (QED) is 0.0919. The van der Waals surface area contributed by atoms with Gasteiger partial charge < -0.3 is 35.1 Å². The second-order valence-corrected chi connectivity index (χ2v) is 14.6. The molecule has 242 valence electrons. The molecule has 20 nitrogen and oxygen atoms in total. The Morgan fingerprint density at radius 1 is 1.27 bits per heavy atom. The maximum Gasteiger partial charge on any atom is 0.695 e. The predicted molar refractivity (Wildman–Crippen MR) is 155 cm³/mol. The van der Waals surface area contributed by atoms with Gasteiger partial charge in [-0.2, -0.15) is 4.98 Å². The minimum absolute atomic E-state index is 0.0283. The highest BCUT2D eigenvalue weighted by atomic mass is 32.5. The highest BCUT2D eigenvalue weighted by molar-refractivity contribution is 8.07. The van der Waals surface area contributed by atoms with Crippen LogP contribution in [0.1, 0.15) is 5.37 Å². The second-order valence-electron chi connectivity index (χ2n) is 9.80. The summed E-state index contributed by atoms with van der Waals surface area (Å²) in [6, 6.07) is 0. The van der Waals surface area contributed by atoms with Crippen LogP contribution in [0.5, 0.6) is 0 Å². The van der Waals surface area contributed by atoms with Crippen molar-refractivity contribution in [3.8, 4) is 0 Å². The monoisotopic (exact) mass is 710 g/mol. The van der Waals surface area contributed by atoms with Gasteiger partial charge in [-0.25, -0.2) is 19.3 Å². The molecule has 6 heterocycles. The summed E-state index contributed by atoms with van der Waals surface area (Å²) >= 11 is 6.18. The Hall–Kier alpha value is -2.79. The topological polar surface area (TPSA) is 288 Å². The van der Waals surface area contributed by atoms with Crippen LogP contribution in [0, 0.1) is 0 Å². The Bertz CT molecular complexity index is 1940. The third-order valence-electron chi connectivity index (χ3n) is 7.09. The summed E-state index contributed by atoms with van der Waals surface area (Å²) in [5.41, 5.74) is 3.94. The fourth-order valence-corrected chi connectivity index (χ4v) is 8.49. The van der Waals surface area contributed by atoms with Crippen LogP contribution in [0.15, 0.2) is 28.6 Å². The molecule has 2 unspecified atom stereocenters. The van der Waals surface area contributed by atoms with Gasteiger partial charge in [0.15, 0.2) is 28.4 Å². The lowest BCUT2D eigenvalue weighted by Gasteiger charge is -2.28. The summed E-state index contributed by atoms with van der Waals surface area (Å²) < 4.78 is 51.9. The molecular weight excluding hydrogens is 687 g/mol. The van der Waals surface area contributed by atoms with E-state index in [2.05, 4.69) is 29.9 Å². The number of aromatic nitrogens is 8. The Kier molecular flexibility index (Phi) is 8.65. The molecule has 2 fully saturated rings. The minimum atomic E-state index is -4.33. The Morgan fingerprint density at radius 2 is 2.00 bits per heavy atom. The molecule has 0 bridgehead atoms. The molecule has 0 aliphatic carbocycles. The maximum absolute atomic E-state index is 16.5. The lowest BCUT2D eigenvalue weighted by molar-refractivity contribution is -0.0329. The van der Waals surface area contributed by atoms with Crippen LogP contribution in [0.3, 0.4) is 0 Å². The summed E-state index contributed by atoms with van der Waals surface area (Å²) in [7, 11) is -3.40. The number of aromatic amines is 2. The van der Waals surface area contributed by atoms with E-state index in [9.17, 15) is 34.2 Å². The van der Waals surface area contributed by atoms with E-state index in [0.717, 1.165) is 29.0 Å². The minimum Gasteiger partial charge on any atom is -0.395 e. The number of rotatable bonds is 10. The van der Waals surface area contributed by atoms with Crippen molar-refractivity contribution in [2.75, 3.05) is 25.6 Å². The molecule has 9 atom stereocenters. The Labute approximate surface area is 258 Å². The van der Waals surface area contributed by atoms with Crippen molar-refractivity contribution >= 4 is 66.8 Å². The molecule has 8 N–H and O–H groups in total. The number of thioether (sulfide) groups is 1. The molecule has 0 spiro atoms. The molecule has 2 aliphatic heterocycles. The van der Waals surface area contributed by atoms with E-state index in [4.69, 9.17) is 35.8 Å². The normalized spacial score (nSPS) is 30.3. The van der Waals surface area contributed by atoms with Gasteiger partial charge in [0.1, 0.15) is 30.5 Å². The highest BCUT2D eigenvalue weighted by Gasteiger charge is 2.58. The van der Waals surface area contributed by atoms with Gasteiger partial charge in [0, 0.05) is 4.57 Å². The van der Waals surface area contributed by atoms with Crippen molar-refractivity contribution in [2.24, 2.45) is 0 Å². The SMILES string of the molecule is Nc1nc2c(ncn2[C@@H]2S[C@H](CO)[C@@H](O)[C@H]2OP(O)(=S)OC[C@H]2OC[C@@](F)(n3cnc4c(=O)[nH]cnc43)[C@@H]2O[P+](=O)O)c(=O)[nH]1. The number of aliphatic hydroxyl groups is 2. The largest absolute Gasteiger partial charge is 0.695 e. The molecule has 0 amide bonds. The first-order valence-electron chi connectivity index (χ1n) is 12.7. The molecule has 2 saturated heterocycles.